The summed E-state index contributed by atoms with van der Waals surface area (Å²) < 4.78 is 45.2. The van der Waals surface area contributed by atoms with Crippen LogP contribution in [-0.4, -0.2) is 25.3 Å². The molecule has 3 rings (SSSR count). The first-order chi connectivity index (χ1) is 13.8. The van der Waals surface area contributed by atoms with Crippen molar-refractivity contribution in [3.05, 3.63) is 65.2 Å². The van der Waals surface area contributed by atoms with Gasteiger partial charge < -0.3 is 15.4 Å². The van der Waals surface area contributed by atoms with Crippen LogP contribution in [0.4, 0.5) is 18.9 Å². The number of hydrogen-bond donors (Lipinski definition) is 2. The van der Waals surface area contributed by atoms with Crippen molar-refractivity contribution in [1.29, 1.82) is 5.26 Å². The fourth-order valence-corrected chi connectivity index (χ4v) is 3.68. The van der Waals surface area contributed by atoms with Gasteiger partial charge in [-0.15, -0.1) is 0 Å². The van der Waals surface area contributed by atoms with Gasteiger partial charge in [0.15, 0.2) is 0 Å². The number of nitriles is 1. The lowest BCUT2D eigenvalue weighted by molar-refractivity contribution is -0.137. The van der Waals surface area contributed by atoms with Gasteiger partial charge in [0.2, 0.25) is 0 Å². The Kier molecular flexibility index (Phi) is 6.46. The van der Waals surface area contributed by atoms with Crippen LogP contribution in [0.25, 0.3) is 0 Å². The highest BCUT2D eigenvalue weighted by Crippen LogP contribution is 2.34. The molecule has 1 heterocycles. The van der Waals surface area contributed by atoms with E-state index in [0.29, 0.717) is 25.4 Å². The molecule has 154 valence electrons. The van der Waals surface area contributed by atoms with Gasteiger partial charge in [-0.2, -0.15) is 18.4 Å². The number of ether oxygens (including phenoxy) is 1. The van der Waals surface area contributed by atoms with Gasteiger partial charge >= 0.3 is 6.18 Å². The smallest absolute Gasteiger partial charge is 0.383 e. The zero-order chi connectivity index (χ0) is 20.9. The van der Waals surface area contributed by atoms with E-state index in [1.54, 1.807) is 6.07 Å². The number of alkyl halides is 3. The third-order valence-corrected chi connectivity index (χ3v) is 5.35. The maximum Gasteiger partial charge on any atom is 0.417 e. The van der Waals surface area contributed by atoms with Gasteiger partial charge in [-0.3, -0.25) is 0 Å². The molecule has 1 aliphatic heterocycles. The first-order valence-corrected chi connectivity index (χ1v) is 9.59. The summed E-state index contributed by atoms with van der Waals surface area (Å²) in [7, 11) is 0. The van der Waals surface area contributed by atoms with Gasteiger partial charge in [-0.25, -0.2) is 0 Å². The van der Waals surface area contributed by atoms with Crippen LogP contribution in [0.3, 0.4) is 0 Å². The number of halogens is 3. The van der Waals surface area contributed by atoms with E-state index in [4.69, 9.17) is 10.00 Å². The van der Waals surface area contributed by atoms with Crippen molar-refractivity contribution in [2.75, 3.05) is 25.1 Å². The topological polar surface area (TPSA) is 57.1 Å². The Bertz CT molecular complexity index is 856. The van der Waals surface area contributed by atoms with E-state index < -0.39 is 11.7 Å². The molecule has 1 fully saturated rings. The number of nitrogens with zero attached hydrogens (tertiary/aromatic N) is 1. The minimum Gasteiger partial charge on any atom is -0.383 e. The predicted octanol–water partition coefficient (Wildman–Crippen LogP) is 4.89. The van der Waals surface area contributed by atoms with Crippen LogP contribution in [0, 0.1) is 11.3 Å². The summed E-state index contributed by atoms with van der Waals surface area (Å²) in [6.45, 7) is 3.72. The van der Waals surface area contributed by atoms with E-state index in [1.165, 1.54) is 12.1 Å². The van der Waals surface area contributed by atoms with Gasteiger partial charge in [0.05, 0.1) is 17.2 Å². The van der Waals surface area contributed by atoms with E-state index in [-0.39, 0.29) is 17.1 Å². The van der Waals surface area contributed by atoms with Crippen LogP contribution >= 0.6 is 0 Å². The molecule has 2 aromatic carbocycles. The Balaban J connectivity index is 1.77. The molecule has 0 spiro atoms. The molecule has 0 saturated carbocycles. The Morgan fingerprint density at radius 2 is 1.83 bits per heavy atom. The van der Waals surface area contributed by atoms with Gasteiger partial charge in [-0.05, 0) is 43.5 Å². The van der Waals surface area contributed by atoms with Crippen molar-refractivity contribution in [3.63, 3.8) is 0 Å². The molecule has 7 heteroatoms. The summed E-state index contributed by atoms with van der Waals surface area (Å²) in [6.07, 6.45) is -3.07. The molecular weight excluding hydrogens is 379 g/mol. The van der Waals surface area contributed by atoms with Crippen molar-refractivity contribution < 1.29 is 17.9 Å². The van der Waals surface area contributed by atoms with Crippen LogP contribution in [0.5, 0.6) is 0 Å². The van der Waals surface area contributed by atoms with Crippen molar-refractivity contribution in [2.45, 2.75) is 37.5 Å². The minimum atomic E-state index is -4.57. The van der Waals surface area contributed by atoms with Crippen LogP contribution in [0.15, 0.2) is 48.5 Å². The average Bonchev–Trinajstić information content (AvgIpc) is 2.73. The molecule has 29 heavy (non-hydrogen) atoms. The fraction of sp³-hybridized carbons (Fsp3) is 0.409. The van der Waals surface area contributed by atoms with Gasteiger partial charge in [0, 0.05) is 37.0 Å². The first-order valence-electron chi connectivity index (χ1n) is 9.59. The highest BCUT2D eigenvalue weighted by Gasteiger charge is 2.35. The fourth-order valence-electron chi connectivity index (χ4n) is 3.68. The number of nitrogens with one attached hydrogen (secondary N) is 2. The monoisotopic (exact) mass is 403 g/mol. The summed E-state index contributed by atoms with van der Waals surface area (Å²) in [5.74, 6) is 0. The van der Waals surface area contributed by atoms with Crippen LogP contribution in [0.2, 0.25) is 0 Å². The van der Waals surface area contributed by atoms with E-state index in [2.05, 4.69) is 17.6 Å². The average molecular weight is 403 g/mol. The molecule has 0 amide bonds. The molecule has 0 aliphatic carbocycles. The van der Waals surface area contributed by atoms with Gasteiger partial charge in [0.1, 0.15) is 0 Å². The second-order valence-corrected chi connectivity index (χ2v) is 7.39. The predicted molar refractivity (Wildman–Crippen MR) is 105 cm³/mol. The van der Waals surface area contributed by atoms with Gasteiger partial charge in [0.25, 0.3) is 0 Å². The largest absolute Gasteiger partial charge is 0.417 e. The quantitative estimate of drug-likeness (QED) is 0.721. The van der Waals surface area contributed by atoms with E-state index in [9.17, 15) is 13.2 Å². The van der Waals surface area contributed by atoms with Crippen LogP contribution in [0.1, 0.15) is 42.5 Å². The maximum atomic E-state index is 13.2. The van der Waals surface area contributed by atoms with Crippen molar-refractivity contribution in [2.24, 2.45) is 0 Å². The molecule has 1 aliphatic rings. The molecular formula is C22H24F3N3O. The van der Waals surface area contributed by atoms with Crippen molar-refractivity contribution in [1.82, 2.24) is 5.32 Å². The van der Waals surface area contributed by atoms with Crippen molar-refractivity contribution >= 4 is 5.69 Å². The summed E-state index contributed by atoms with van der Waals surface area (Å²) in [5, 5.41) is 15.8. The van der Waals surface area contributed by atoms with Crippen LogP contribution < -0.4 is 10.6 Å². The first kappa shape index (κ1) is 21.2. The highest BCUT2D eigenvalue weighted by atomic mass is 19.4. The van der Waals surface area contributed by atoms with Crippen LogP contribution in [-0.2, 0) is 10.9 Å². The Morgan fingerprint density at radius 3 is 2.45 bits per heavy atom. The summed E-state index contributed by atoms with van der Waals surface area (Å²) in [4.78, 5) is 0. The van der Waals surface area contributed by atoms with E-state index >= 15 is 0 Å². The molecule has 0 radical (unpaired) electrons. The Hall–Kier alpha value is -2.56. The zero-order valence-electron chi connectivity index (χ0n) is 16.2. The SMILES string of the molecule is CC(NC1(CNc2ccc(C#N)c(C(F)(F)F)c2)CCOCC1)c1ccccc1. The maximum absolute atomic E-state index is 13.2. The van der Waals surface area contributed by atoms with E-state index in [0.717, 1.165) is 24.5 Å². The second kappa shape index (κ2) is 8.85. The highest BCUT2D eigenvalue weighted by molar-refractivity contribution is 5.53. The van der Waals surface area contributed by atoms with E-state index in [1.807, 2.05) is 30.3 Å². The molecule has 1 unspecified atom stereocenters. The molecule has 2 aromatic rings. The number of rotatable bonds is 6. The third-order valence-electron chi connectivity index (χ3n) is 5.35. The standard InChI is InChI=1S/C22H24F3N3O/c1-16(17-5-3-2-4-6-17)28-21(9-11-29-12-10-21)15-27-19-8-7-18(14-26)20(13-19)22(23,24)25/h2-8,13,16,27-28H,9-12,15H2,1H3. The van der Waals surface area contributed by atoms with Gasteiger partial charge in [-0.1, -0.05) is 30.3 Å². The summed E-state index contributed by atoms with van der Waals surface area (Å²) in [6, 6.07) is 15.5. The normalized spacial score (nSPS) is 17.3. The number of anilines is 1. The Morgan fingerprint density at radius 1 is 1.14 bits per heavy atom. The Labute approximate surface area is 168 Å². The lowest BCUT2D eigenvalue weighted by Crippen LogP contribution is -2.54. The second-order valence-electron chi connectivity index (χ2n) is 7.39. The van der Waals surface area contributed by atoms with Crippen molar-refractivity contribution in [3.8, 4) is 6.07 Å². The zero-order valence-corrected chi connectivity index (χ0v) is 16.2. The molecule has 1 saturated heterocycles. The third kappa shape index (κ3) is 5.28. The lowest BCUT2D eigenvalue weighted by Gasteiger charge is -2.41. The molecule has 2 N–H and O–H groups in total. The number of hydrogen-bond acceptors (Lipinski definition) is 4. The molecule has 4 nitrogen and oxygen atoms in total. The lowest BCUT2D eigenvalue weighted by atomic mass is 9.88. The minimum absolute atomic E-state index is 0.0859. The summed E-state index contributed by atoms with van der Waals surface area (Å²) >= 11 is 0. The number of benzene rings is 2. The molecule has 0 aromatic heterocycles. The molecule has 0 bridgehead atoms. The summed E-state index contributed by atoms with van der Waals surface area (Å²) in [5.41, 5.74) is -0.108. The molecule has 1 atom stereocenters.